The molecule has 0 aliphatic rings. The second-order valence-corrected chi connectivity index (χ2v) is 3.09. The van der Waals surface area contributed by atoms with Gasteiger partial charge in [0.05, 0.1) is 19.8 Å². The molecule has 0 atom stereocenters. The minimum absolute atomic E-state index is 0.200. The molecule has 82 valence electrons. The molecule has 0 radical (unpaired) electrons. The van der Waals surface area contributed by atoms with Crippen molar-refractivity contribution in [2.45, 2.75) is 13.3 Å². The summed E-state index contributed by atoms with van der Waals surface area (Å²) in [5.74, 6) is 0.413. The van der Waals surface area contributed by atoms with Gasteiger partial charge in [-0.2, -0.15) is 9.97 Å². The van der Waals surface area contributed by atoms with Crippen molar-refractivity contribution in [3.8, 4) is 11.9 Å². The molecule has 0 aliphatic heterocycles. The molecule has 15 heavy (non-hydrogen) atoms. The topological polar surface area (TPSA) is 44.2 Å². The first kappa shape index (κ1) is 11.8. The Morgan fingerprint density at radius 1 is 1.27 bits per heavy atom. The Kier molecular flexibility index (Phi) is 4.37. The van der Waals surface area contributed by atoms with Crippen LogP contribution in [0.3, 0.4) is 0 Å². The molecule has 1 aromatic heterocycles. The summed E-state index contributed by atoms with van der Waals surface area (Å²) in [5, 5.41) is 0.323. The third kappa shape index (κ3) is 2.83. The minimum Gasteiger partial charge on any atom is -0.480 e. The first-order valence-electron chi connectivity index (χ1n) is 4.55. The van der Waals surface area contributed by atoms with Crippen molar-refractivity contribution >= 4 is 17.7 Å². The highest BCUT2D eigenvalue weighted by molar-refractivity contribution is 6.31. The van der Waals surface area contributed by atoms with Crippen LogP contribution in [-0.4, -0.2) is 24.2 Å². The van der Waals surface area contributed by atoms with Gasteiger partial charge in [-0.1, -0.05) is 30.7 Å². The molecule has 1 aromatic rings. The number of hydrogen-bond acceptors (Lipinski definition) is 4. The molecule has 5 heteroatoms. The quantitative estimate of drug-likeness (QED) is 0.743. The lowest BCUT2D eigenvalue weighted by Crippen LogP contribution is -1.98. The lowest BCUT2D eigenvalue weighted by atomic mass is 10.2. The van der Waals surface area contributed by atoms with E-state index in [0.29, 0.717) is 16.6 Å². The van der Waals surface area contributed by atoms with Gasteiger partial charge < -0.3 is 9.47 Å². The third-order valence-corrected chi connectivity index (χ3v) is 2.03. The van der Waals surface area contributed by atoms with E-state index in [2.05, 4.69) is 9.97 Å². The molecule has 0 bridgehead atoms. The normalized spacial score (nSPS) is 10.7. The number of nitrogens with zero attached hydrogens (tertiary/aromatic N) is 2. The van der Waals surface area contributed by atoms with E-state index in [1.54, 1.807) is 0 Å². The summed E-state index contributed by atoms with van der Waals surface area (Å²) in [5.41, 5.74) is 0.668. The summed E-state index contributed by atoms with van der Waals surface area (Å²) in [4.78, 5) is 7.99. The van der Waals surface area contributed by atoms with Crippen molar-refractivity contribution in [1.82, 2.24) is 9.97 Å². The Hall–Kier alpha value is -1.29. The molecular weight excluding hydrogens is 216 g/mol. The summed E-state index contributed by atoms with van der Waals surface area (Å²) >= 11 is 5.97. The predicted molar refractivity (Wildman–Crippen MR) is 59.5 cm³/mol. The molecule has 1 rings (SSSR count). The Morgan fingerprint density at radius 3 is 2.53 bits per heavy atom. The molecule has 4 nitrogen and oxygen atoms in total. The molecule has 0 saturated heterocycles. The van der Waals surface area contributed by atoms with Crippen LogP contribution in [0.4, 0.5) is 0 Å². The van der Waals surface area contributed by atoms with Gasteiger partial charge in [-0.25, -0.2) is 0 Å². The van der Waals surface area contributed by atoms with E-state index in [1.807, 2.05) is 19.1 Å². The molecule has 0 aliphatic carbocycles. The Balaban J connectivity index is 3.18. The third-order valence-electron chi connectivity index (χ3n) is 1.74. The number of ether oxygens (including phenoxy) is 2. The van der Waals surface area contributed by atoms with Crippen molar-refractivity contribution in [2.75, 3.05) is 14.2 Å². The fourth-order valence-electron chi connectivity index (χ4n) is 1.03. The molecule has 1 heterocycles. The molecule has 0 unspecified atom stereocenters. The van der Waals surface area contributed by atoms with Crippen LogP contribution in [0.1, 0.15) is 18.9 Å². The number of halogens is 1. The standard InChI is InChI=1S/C10H13ClN2O2/c1-4-5-6-7-8(11)12-10(15-3)13-9(7)14-2/h5-6H,4H2,1-3H3/b6-5+. The van der Waals surface area contributed by atoms with Gasteiger partial charge in [-0.3, -0.25) is 0 Å². The lowest BCUT2D eigenvalue weighted by Gasteiger charge is -2.06. The monoisotopic (exact) mass is 228 g/mol. The lowest BCUT2D eigenvalue weighted by molar-refractivity contribution is 0.351. The zero-order valence-electron chi connectivity index (χ0n) is 8.95. The largest absolute Gasteiger partial charge is 0.480 e. The highest BCUT2D eigenvalue weighted by Crippen LogP contribution is 2.26. The van der Waals surface area contributed by atoms with Crippen LogP contribution in [0, 0.1) is 0 Å². The molecule has 0 spiro atoms. The van der Waals surface area contributed by atoms with Crippen molar-refractivity contribution < 1.29 is 9.47 Å². The number of rotatable bonds is 4. The van der Waals surface area contributed by atoms with Crippen molar-refractivity contribution in [2.24, 2.45) is 0 Å². The van der Waals surface area contributed by atoms with E-state index < -0.39 is 0 Å². The average molecular weight is 229 g/mol. The van der Waals surface area contributed by atoms with Gasteiger partial charge in [0.2, 0.25) is 5.88 Å². The number of hydrogen-bond donors (Lipinski definition) is 0. The van der Waals surface area contributed by atoms with Crippen molar-refractivity contribution in [3.05, 3.63) is 16.8 Å². The number of aromatic nitrogens is 2. The maximum Gasteiger partial charge on any atom is 0.320 e. The maximum absolute atomic E-state index is 5.97. The van der Waals surface area contributed by atoms with E-state index >= 15 is 0 Å². The predicted octanol–water partition coefficient (Wildman–Crippen LogP) is 2.57. The highest BCUT2D eigenvalue weighted by Gasteiger charge is 2.11. The summed E-state index contributed by atoms with van der Waals surface area (Å²) < 4.78 is 9.99. The van der Waals surface area contributed by atoms with E-state index in [1.165, 1.54) is 14.2 Å². The average Bonchev–Trinajstić information content (AvgIpc) is 2.26. The van der Waals surface area contributed by atoms with Crippen LogP contribution in [-0.2, 0) is 0 Å². The van der Waals surface area contributed by atoms with Gasteiger partial charge in [0.15, 0.2) is 0 Å². The van der Waals surface area contributed by atoms with E-state index in [4.69, 9.17) is 21.1 Å². The van der Waals surface area contributed by atoms with E-state index in [0.717, 1.165) is 6.42 Å². The molecule has 0 amide bonds. The number of allylic oxidation sites excluding steroid dienone is 1. The zero-order chi connectivity index (χ0) is 11.3. The first-order chi connectivity index (χ1) is 7.22. The Morgan fingerprint density at radius 2 is 2.00 bits per heavy atom. The highest BCUT2D eigenvalue weighted by atomic mass is 35.5. The summed E-state index contributed by atoms with van der Waals surface area (Å²) in [6, 6.07) is 0.200. The van der Waals surface area contributed by atoms with Crippen LogP contribution < -0.4 is 9.47 Å². The Labute approximate surface area is 93.9 Å². The second kappa shape index (κ2) is 5.56. The van der Waals surface area contributed by atoms with Crippen LogP contribution in [0.5, 0.6) is 11.9 Å². The fraction of sp³-hybridized carbons (Fsp3) is 0.400. The summed E-state index contributed by atoms with van der Waals surface area (Å²) in [7, 11) is 3.01. The van der Waals surface area contributed by atoms with E-state index in [9.17, 15) is 0 Å². The molecule has 0 aromatic carbocycles. The van der Waals surface area contributed by atoms with Gasteiger partial charge in [-0.05, 0) is 6.42 Å². The summed E-state index contributed by atoms with van der Waals surface area (Å²) in [6.45, 7) is 2.03. The number of methoxy groups -OCH3 is 2. The smallest absolute Gasteiger partial charge is 0.320 e. The SMILES string of the molecule is CC/C=C/c1c(Cl)nc(OC)nc1OC. The Bertz CT molecular complexity index is 367. The van der Waals surface area contributed by atoms with Crippen molar-refractivity contribution in [3.63, 3.8) is 0 Å². The minimum atomic E-state index is 0.200. The molecule has 0 N–H and O–H groups in total. The van der Waals surface area contributed by atoms with Crippen LogP contribution in [0.15, 0.2) is 6.08 Å². The van der Waals surface area contributed by atoms with Crippen LogP contribution in [0.2, 0.25) is 5.15 Å². The van der Waals surface area contributed by atoms with Gasteiger partial charge >= 0.3 is 6.01 Å². The molecule has 0 fully saturated rings. The van der Waals surface area contributed by atoms with Gasteiger partial charge in [0.1, 0.15) is 5.15 Å². The van der Waals surface area contributed by atoms with Crippen molar-refractivity contribution in [1.29, 1.82) is 0 Å². The first-order valence-corrected chi connectivity index (χ1v) is 4.92. The molecular formula is C10H13ClN2O2. The van der Waals surface area contributed by atoms with Gasteiger partial charge in [0, 0.05) is 0 Å². The van der Waals surface area contributed by atoms with Gasteiger partial charge in [-0.15, -0.1) is 0 Å². The fourth-order valence-corrected chi connectivity index (χ4v) is 1.24. The summed E-state index contributed by atoms with van der Waals surface area (Å²) in [6.07, 6.45) is 4.70. The van der Waals surface area contributed by atoms with Gasteiger partial charge in [0.25, 0.3) is 0 Å². The van der Waals surface area contributed by atoms with E-state index in [-0.39, 0.29) is 6.01 Å². The van der Waals surface area contributed by atoms with Crippen LogP contribution in [0.25, 0.3) is 6.08 Å². The zero-order valence-corrected chi connectivity index (χ0v) is 9.71. The van der Waals surface area contributed by atoms with Crippen LogP contribution >= 0.6 is 11.6 Å². The maximum atomic E-state index is 5.97. The second-order valence-electron chi connectivity index (χ2n) is 2.73. The molecule has 0 saturated carbocycles.